The zero-order valence-corrected chi connectivity index (χ0v) is 16.5. The number of carbonyl (C=O) groups excluding carboxylic acids is 1. The molecular formula is C19H28N4OS. The molecule has 0 bridgehead atoms. The fourth-order valence-electron chi connectivity index (χ4n) is 2.83. The second-order valence-electron chi connectivity index (χ2n) is 6.06. The standard InChI is InChI=1S/C19H28N4OS/c1-5-8-10-12-21-14-22(13-11-9-6-2)19(24)23(15-21)18-16(4)17(7-3)20-25-18/h6,9H,5,7,11-15H2,1-4H3. The molecule has 1 fully saturated rings. The van der Waals surface area contributed by atoms with Gasteiger partial charge in [0.1, 0.15) is 5.00 Å². The fraction of sp³-hybridized carbons (Fsp3) is 0.579. The minimum atomic E-state index is 0.0682. The Morgan fingerprint density at radius 2 is 2.08 bits per heavy atom. The second kappa shape index (κ2) is 9.59. The van der Waals surface area contributed by atoms with E-state index in [0.29, 0.717) is 19.9 Å². The van der Waals surface area contributed by atoms with Gasteiger partial charge in [-0.05, 0) is 38.2 Å². The number of carbonyl (C=O) groups is 1. The molecule has 5 nitrogen and oxygen atoms in total. The lowest BCUT2D eigenvalue weighted by Crippen LogP contribution is -2.58. The first kappa shape index (κ1) is 19.5. The van der Waals surface area contributed by atoms with Crippen molar-refractivity contribution in [3.8, 4) is 11.8 Å². The Morgan fingerprint density at radius 3 is 2.72 bits per heavy atom. The van der Waals surface area contributed by atoms with Gasteiger partial charge in [0, 0.05) is 18.5 Å². The number of hydrogen-bond donors (Lipinski definition) is 0. The third-order valence-corrected chi connectivity index (χ3v) is 5.21. The normalized spacial score (nSPS) is 15.8. The van der Waals surface area contributed by atoms with Crippen LogP contribution in [0.3, 0.4) is 0 Å². The van der Waals surface area contributed by atoms with E-state index in [1.54, 1.807) is 0 Å². The smallest absolute Gasteiger partial charge is 0.311 e. The predicted molar refractivity (Wildman–Crippen MR) is 105 cm³/mol. The summed E-state index contributed by atoms with van der Waals surface area (Å²) < 4.78 is 4.52. The Kier molecular flexibility index (Phi) is 7.48. The molecule has 1 saturated heterocycles. The van der Waals surface area contributed by atoms with E-state index in [9.17, 15) is 4.79 Å². The number of anilines is 1. The van der Waals surface area contributed by atoms with E-state index < -0.39 is 0 Å². The van der Waals surface area contributed by atoms with E-state index in [4.69, 9.17) is 0 Å². The average molecular weight is 361 g/mol. The Balaban J connectivity index is 2.22. The minimum Gasteiger partial charge on any atom is -0.311 e. The summed E-state index contributed by atoms with van der Waals surface area (Å²) in [6, 6.07) is 0.0682. The minimum absolute atomic E-state index is 0.0682. The lowest BCUT2D eigenvalue weighted by Gasteiger charge is -2.41. The highest BCUT2D eigenvalue weighted by molar-refractivity contribution is 7.10. The van der Waals surface area contributed by atoms with Crippen molar-refractivity contribution in [1.82, 2.24) is 14.2 Å². The maximum absolute atomic E-state index is 13.0. The summed E-state index contributed by atoms with van der Waals surface area (Å²) in [5.41, 5.74) is 2.20. The molecule has 25 heavy (non-hydrogen) atoms. The topological polar surface area (TPSA) is 39.7 Å². The van der Waals surface area contributed by atoms with Gasteiger partial charge in [-0.15, -0.1) is 5.92 Å². The van der Waals surface area contributed by atoms with Gasteiger partial charge in [-0.25, -0.2) is 4.79 Å². The van der Waals surface area contributed by atoms with Crippen LogP contribution in [-0.2, 0) is 6.42 Å². The van der Waals surface area contributed by atoms with Crippen LogP contribution < -0.4 is 4.90 Å². The van der Waals surface area contributed by atoms with Crippen LogP contribution in [0.4, 0.5) is 9.80 Å². The van der Waals surface area contributed by atoms with Gasteiger partial charge in [-0.3, -0.25) is 9.80 Å². The summed E-state index contributed by atoms with van der Waals surface area (Å²) in [7, 11) is 0. The van der Waals surface area contributed by atoms with E-state index in [2.05, 4.69) is 48.0 Å². The summed E-state index contributed by atoms with van der Waals surface area (Å²) in [5.74, 6) is 6.31. The zero-order valence-electron chi connectivity index (χ0n) is 15.7. The molecule has 1 aliphatic heterocycles. The molecule has 0 unspecified atom stereocenters. The molecule has 0 spiro atoms. The third-order valence-electron chi connectivity index (χ3n) is 4.20. The Labute approximate surface area is 155 Å². The van der Waals surface area contributed by atoms with Crippen molar-refractivity contribution >= 4 is 22.6 Å². The molecule has 0 radical (unpaired) electrons. The van der Waals surface area contributed by atoms with E-state index >= 15 is 0 Å². The van der Waals surface area contributed by atoms with E-state index in [0.717, 1.165) is 42.1 Å². The van der Waals surface area contributed by atoms with Crippen molar-refractivity contribution in [2.75, 3.05) is 31.3 Å². The molecule has 2 rings (SSSR count). The number of nitrogens with zero attached hydrogens (tertiary/aromatic N) is 4. The lowest BCUT2D eigenvalue weighted by atomic mass is 10.2. The fourth-order valence-corrected chi connectivity index (χ4v) is 3.78. The summed E-state index contributed by atoms with van der Waals surface area (Å²) in [6.45, 7) is 10.8. The maximum atomic E-state index is 13.0. The molecule has 0 N–H and O–H groups in total. The van der Waals surface area contributed by atoms with Gasteiger partial charge in [0.2, 0.25) is 0 Å². The van der Waals surface area contributed by atoms with Crippen LogP contribution >= 0.6 is 11.5 Å². The van der Waals surface area contributed by atoms with Gasteiger partial charge >= 0.3 is 6.03 Å². The van der Waals surface area contributed by atoms with Crippen molar-refractivity contribution in [3.63, 3.8) is 0 Å². The van der Waals surface area contributed by atoms with Crippen molar-refractivity contribution in [3.05, 3.63) is 23.4 Å². The van der Waals surface area contributed by atoms with Crippen LogP contribution in [0.5, 0.6) is 0 Å². The Hall–Kier alpha value is -1.84. The van der Waals surface area contributed by atoms with Gasteiger partial charge in [-0.1, -0.05) is 31.9 Å². The number of rotatable bonds is 6. The SMILES string of the molecule is CC=CCCN1CN(CC#CCC)CN(c2snc(CC)c2C)C1=O. The number of urea groups is 1. The van der Waals surface area contributed by atoms with Crippen LogP contribution in [-0.4, -0.2) is 46.6 Å². The highest BCUT2D eigenvalue weighted by Crippen LogP contribution is 2.31. The maximum Gasteiger partial charge on any atom is 0.327 e. The number of aromatic nitrogens is 1. The highest BCUT2D eigenvalue weighted by atomic mass is 32.1. The predicted octanol–water partition coefficient (Wildman–Crippen LogP) is 3.85. The molecule has 2 heterocycles. The second-order valence-corrected chi connectivity index (χ2v) is 6.82. The van der Waals surface area contributed by atoms with Gasteiger partial charge in [0.25, 0.3) is 0 Å². The zero-order chi connectivity index (χ0) is 18.2. The first-order valence-corrected chi connectivity index (χ1v) is 9.70. The first-order chi connectivity index (χ1) is 12.1. The van der Waals surface area contributed by atoms with E-state index in [-0.39, 0.29) is 6.03 Å². The van der Waals surface area contributed by atoms with Crippen molar-refractivity contribution in [2.24, 2.45) is 0 Å². The molecule has 0 aromatic carbocycles. The van der Waals surface area contributed by atoms with Crippen LogP contribution in [0.2, 0.25) is 0 Å². The highest BCUT2D eigenvalue weighted by Gasteiger charge is 2.32. The van der Waals surface area contributed by atoms with Crippen molar-refractivity contribution < 1.29 is 4.79 Å². The van der Waals surface area contributed by atoms with Gasteiger partial charge in [-0.2, -0.15) is 4.37 Å². The number of hydrogen-bond acceptors (Lipinski definition) is 4. The molecule has 2 amide bonds. The molecule has 1 aliphatic rings. The Morgan fingerprint density at radius 1 is 1.28 bits per heavy atom. The summed E-state index contributed by atoms with van der Waals surface area (Å²) in [6.07, 6.45) is 6.74. The van der Waals surface area contributed by atoms with Crippen LogP contribution in [0.25, 0.3) is 0 Å². The molecule has 6 heteroatoms. The molecule has 0 atom stereocenters. The van der Waals surface area contributed by atoms with Crippen molar-refractivity contribution in [2.45, 2.75) is 47.0 Å². The van der Waals surface area contributed by atoms with Gasteiger partial charge < -0.3 is 4.90 Å². The summed E-state index contributed by atoms with van der Waals surface area (Å²) in [5, 5.41) is 0.964. The lowest BCUT2D eigenvalue weighted by molar-refractivity contribution is 0.126. The molecule has 136 valence electrons. The molecule has 0 aliphatic carbocycles. The van der Waals surface area contributed by atoms with E-state index in [1.807, 2.05) is 22.8 Å². The van der Waals surface area contributed by atoms with Crippen LogP contribution in [0.15, 0.2) is 12.2 Å². The van der Waals surface area contributed by atoms with E-state index in [1.165, 1.54) is 11.5 Å². The molecular weight excluding hydrogens is 332 g/mol. The van der Waals surface area contributed by atoms with Crippen molar-refractivity contribution in [1.29, 1.82) is 0 Å². The van der Waals surface area contributed by atoms with Gasteiger partial charge in [0.15, 0.2) is 0 Å². The van der Waals surface area contributed by atoms with Crippen LogP contribution in [0, 0.1) is 18.8 Å². The quantitative estimate of drug-likeness (QED) is 0.571. The monoisotopic (exact) mass is 360 g/mol. The Bertz CT molecular complexity index is 671. The average Bonchev–Trinajstić information content (AvgIpc) is 2.98. The molecule has 1 aromatic heterocycles. The van der Waals surface area contributed by atoms with Gasteiger partial charge in [0.05, 0.1) is 25.6 Å². The molecule has 1 aromatic rings. The third kappa shape index (κ3) is 4.83. The van der Waals surface area contributed by atoms with Crippen LogP contribution in [0.1, 0.15) is 44.9 Å². The number of amides is 2. The summed E-state index contributed by atoms with van der Waals surface area (Å²) in [4.78, 5) is 19.0. The number of allylic oxidation sites excluding steroid dienone is 1. The molecule has 0 saturated carbocycles. The largest absolute Gasteiger partial charge is 0.327 e. The number of aryl methyl sites for hydroxylation is 1. The summed E-state index contributed by atoms with van der Waals surface area (Å²) >= 11 is 1.42. The first-order valence-electron chi connectivity index (χ1n) is 8.93.